The molecule has 0 bridgehead atoms. The number of carboxylic acid groups (broad SMARTS) is 1. The van der Waals surface area contributed by atoms with Gasteiger partial charge in [0.1, 0.15) is 5.82 Å². The third kappa shape index (κ3) is 4.62. The van der Waals surface area contributed by atoms with Crippen molar-refractivity contribution < 1.29 is 23.9 Å². The molecule has 0 saturated carbocycles. The summed E-state index contributed by atoms with van der Waals surface area (Å²) in [4.78, 5) is 38.6. The molecule has 1 saturated heterocycles. The van der Waals surface area contributed by atoms with E-state index in [1.165, 1.54) is 24.3 Å². The minimum Gasteiger partial charge on any atom is -0.478 e. The molecule has 0 aromatic heterocycles. The Morgan fingerprint density at radius 3 is 1.89 bits per heavy atom. The molecule has 1 heterocycles. The van der Waals surface area contributed by atoms with Gasteiger partial charge in [-0.15, -0.1) is 0 Å². The van der Waals surface area contributed by atoms with Crippen LogP contribution < -0.4 is 4.90 Å². The van der Waals surface area contributed by atoms with Crippen LogP contribution in [0.2, 0.25) is 0 Å². The lowest BCUT2D eigenvalue weighted by Crippen LogP contribution is -2.48. The third-order valence-electron chi connectivity index (χ3n) is 4.56. The van der Waals surface area contributed by atoms with E-state index in [0.717, 1.165) is 17.8 Å². The van der Waals surface area contributed by atoms with Crippen molar-refractivity contribution in [2.75, 3.05) is 31.1 Å². The van der Waals surface area contributed by atoms with Gasteiger partial charge in [0.2, 0.25) is 5.91 Å². The van der Waals surface area contributed by atoms with Crippen LogP contribution in [0.5, 0.6) is 0 Å². The van der Waals surface area contributed by atoms with Crippen LogP contribution in [0, 0.1) is 5.82 Å². The van der Waals surface area contributed by atoms with E-state index in [9.17, 15) is 18.8 Å². The van der Waals surface area contributed by atoms with Crippen molar-refractivity contribution in [1.29, 1.82) is 0 Å². The molecule has 2 aromatic carbocycles. The maximum Gasteiger partial charge on any atom is 0.328 e. The molecular weight excluding hydrogens is 363 g/mol. The van der Waals surface area contributed by atoms with Crippen molar-refractivity contribution in [3.63, 3.8) is 0 Å². The molecule has 3 rings (SSSR count). The van der Waals surface area contributed by atoms with E-state index >= 15 is 0 Å². The molecule has 0 aliphatic carbocycles. The van der Waals surface area contributed by atoms with Crippen LogP contribution in [0.4, 0.5) is 10.1 Å². The van der Waals surface area contributed by atoms with E-state index in [1.807, 2.05) is 12.1 Å². The van der Waals surface area contributed by atoms with Gasteiger partial charge in [-0.3, -0.25) is 9.59 Å². The molecule has 6 nitrogen and oxygen atoms in total. The van der Waals surface area contributed by atoms with Crippen molar-refractivity contribution >= 4 is 23.3 Å². The average molecular weight is 382 g/mol. The largest absolute Gasteiger partial charge is 0.478 e. The molecule has 1 N–H and O–H groups in total. The first kappa shape index (κ1) is 19.3. The Balaban J connectivity index is 1.60. The molecule has 1 aliphatic heterocycles. The number of hydrogen-bond acceptors (Lipinski definition) is 4. The lowest BCUT2D eigenvalue weighted by atomic mass is 10.0. The quantitative estimate of drug-likeness (QED) is 0.634. The Kier molecular flexibility index (Phi) is 5.84. The normalized spacial score (nSPS) is 14.3. The summed E-state index contributed by atoms with van der Waals surface area (Å²) in [5.41, 5.74) is 1.88. The molecule has 0 radical (unpaired) electrons. The second-order valence-electron chi connectivity index (χ2n) is 6.37. The van der Waals surface area contributed by atoms with Gasteiger partial charge in [0.25, 0.3) is 0 Å². The molecule has 0 spiro atoms. The summed E-state index contributed by atoms with van der Waals surface area (Å²) in [6.07, 6.45) is 1.90. The maximum absolute atomic E-state index is 13.0. The fourth-order valence-electron chi connectivity index (χ4n) is 3.02. The van der Waals surface area contributed by atoms with Gasteiger partial charge < -0.3 is 14.9 Å². The molecule has 28 heavy (non-hydrogen) atoms. The SMILES string of the molecule is O=C(O)C=CC(=O)N1CCN(c2ccc(C(=O)c3ccc(F)cc3)cc2)CC1. The number of piperazine rings is 1. The molecule has 0 unspecified atom stereocenters. The average Bonchev–Trinajstić information content (AvgIpc) is 2.72. The van der Waals surface area contributed by atoms with Crippen molar-refractivity contribution in [1.82, 2.24) is 4.90 Å². The van der Waals surface area contributed by atoms with Crippen molar-refractivity contribution in [3.05, 3.63) is 77.6 Å². The highest BCUT2D eigenvalue weighted by Gasteiger charge is 2.20. The number of nitrogens with zero attached hydrogens (tertiary/aromatic N) is 2. The number of carbonyl (C=O) groups is 3. The van der Waals surface area contributed by atoms with E-state index in [1.54, 1.807) is 17.0 Å². The zero-order chi connectivity index (χ0) is 20.1. The number of aliphatic carboxylic acids is 1. The summed E-state index contributed by atoms with van der Waals surface area (Å²) in [5, 5.41) is 8.59. The van der Waals surface area contributed by atoms with E-state index < -0.39 is 5.97 Å². The van der Waals surface area contributed by atoms with Gasteiger partial charge in [0.15, 0.2) is 5.78 Å². The predicted molar refractivity (Wildman–Crippen MR) is 102 cm³/mol. The molecule has 1 aliphatic rings. The minimum absolute atomic E-state index is 0.174. The van der Waals surface area contributed by atoms with Crippen molar-refractivity contribution in [2.24, 2.45) is 0 Å². The lowest BCUT2D eigenvalue weighted by molar-refractivity contribution is -0.132. The fraction of sp³-hybridized carbons (Fsp3) is 0.190. The standard InChI is InChI=1S/C21H19FN2O4/c22-17-5-1-15(2-6-17)21(28)16-3-7-18(8-4-16)23-11-13-24(14-12-23)19(25)9-10-20(26)27/h1-10H,11-14H2,(H,26,27). The van der Waals surface area contributed by atoms with Gasteiger partial charge in [-0.1, -0.05) is 0 Å². The monoisotopic (exact) mass is 382 g/mol. The Hall–Kier alpha value is -3.48. The summed E-state index contributed by atoms with van der Waals surface area (Å²) in [6.45, 7) is 2.19. The molecule has 0 atom stereocenters. The molecule has 7 heteroatoms. The third-order valence-corrected chi connectivity index (χ3v) is 4.56. The van der Waals surface area contributed by atoms with Gasteiger partial charge in [-0.25, -0.2) is 9.18 Å². The zero-order valence-corrected chi connectivity index (χ0v) is 15.0. The van der Waals surface area contributed by atoms with Gasteiger partial charge in [-0.05, 0) is 48.5 Å². The van der Waals surface area contributed by atoms with E-state index in [2.05, 4.69) is 4.90 Å². The van der Waals surface area contributed by atoms with E-state index in [4.69, 9.17) is 5.11 Å². The van der Waals surface area contributed by atoms with Crippen LogP contribution in [0.25, 0.3) is 0 Å². The van der Waals surface area contributed by atoms with Crippen LogP contribution in [0.1, 0.15) is 15.9 Å². The Morgan fingerprint density at radius 1 is 0.821 bits per heavy atom. The van der Waals surface area contributed by atoms with Crippen LogP contribution in [0.3, 0.4) is 0 Å². The Labute approximate surface area is 161 Å². The van der Waals surface area contributed by atoms with Gasteiger partial charge in [0, 0.05) is 55.1 Å². The number of anilines is 1. The highest BCUT2D eigenvalue weighted by molar-refractivity contribution is 6.09. The number of amides is 1. The second kappa shape index (κ2) is 8.47. The van der Waals surface area contributed by atoms with Crippen LogP contribution in [-0.2, 0) is 9.59 Å². The van der Waals surface area contributed by atoms with Crippen LogP contribution in [0.15, 0.2) is 60.7 Å². The topological polar surface area (TPSA) is 77.9 Å². The van der Waals surface area contributed by atoms with Gasteiger partial charge in [0.05, 0.1) is 0 Å². The highest BCUT2D eigenvalue weighted by atomic mass is 19.1. The summed E-state index contributed by atoms with van der Waals surface area (Å²) in [7, 11) is 0. The molecule has 1 fully saturated rings. The number of ketones is 1. The van der Waals surface area contributed by atoms with E-state index in [-0.39, 0.29) is 17.5 Å². The molecule has 144 valence electrons. The number of carboxylic acids is 1. The summed E-state index contributed by atoms with van der Waals surface area (Å²) >= 11 is 0. The first-order valence-electron chi connectivity index (χ1n) is 8.79. The zero-order valence-electron chi connectivity index (χ0n) is 15.0. The minimum atomic E-state index is -1.15. The number of hydrogen-bond donors (Lipinski definition) is 1. The summed E-state index contributed by atoms with van der Waals surface area (Å²) in [6, 6.07) is 12.6. The number of rotatable bonds is 5. The molecule has 2 aromatic rings. The Bertz CT molecular complexity index is 899. The highest BCUT2D eigenvalue weighted by Crippen LogP contribution is 2.19. The number of halogens is 1. The van der Waals surface area contributed by atoms with E-state index in [0.29, 0.717) is 37.3 Å². The van der Waals surface area contributed by atoms with Crippen molar-refractivity contribution in [2.45, 2.75) is 0 Å². The second-order valence-corrected chi connectivity index (χ2v) is 6.37. The first-order chi connectivity index (χ1) is 13.4. The van der Waals surface area contributed by atoms with Gasteiger partial charge >= 0.3 is 5.97 Å². The molecular formula is C21H19FN2O4. The smallest absolute Gasteiger partial charge is 0.328 e. The summed E-state index contributed by atoms with van der Waals surface area (Å²) in [5.74, 6) is -2.03. The molecule has 1 amide bonds. The predicted octanol–water partition coefficient (Wildman–Crippen LogP) is 2.35. The van der Waals surface area contributed by atoms with Crippen molar-refractivity contribution in [3.8, 4) is 0 Å². The Morgan fingerprint density at radius 2 is 1.36 bits per heavy atom. The fourth-order valence-corrected chi connectivity index (χ4v) is 3.02. The van der Waals surface area contributed by atoms with Gasteiger partial charge in [-0.2, -0.15) is 0 Å². The lowest BCUT2D eigenvalue weighted by Gasteiger charge is -2.35. The van der Waals surface area contributed by atoms with Crippen LogP contribution in [-0.4, -0.2) is 53.8 Å². The first-order valence-corrected chi connectivity index (χ1v) is 8.79. The number of benzene rings is 2. The number of carbonyl (C=O) groups excluding carboxylic acids is 2. The maximum atomic E-state index is 13.0. The van der Waals surface area contributed by atoms with Crippen LogP contribution >= 0.6 is 0 Å². The summed E-state index contributed by atoms with van der Waals surface area (Å²) < 4.78 is 13.0.